The Morgan fingerprint density at radius 3 is 3.20 bits per heavy atom. The van der Waals surface area contributed by atoms with Gasteiger partial charge in [0.1, 0.15) is 10.1 Å². The van der Waals surface area contributed by atoms with Crippen LogP contribution in [0.3, 0.4) is 0 Å². The molecule has 5 heteroatoms. The predicted octanol–water partition coefficient (Wildman–Crippen LogP) is 3.00. The Bertz CT molecular complexity index is 421. The van der Waals surface area contributed by atoms with Crippen molar-refractivity contribution in [3.05, 3.63) is 29.1 Å². The zero-order valence-electron chi connectivity index (χ0n) is 8.10. The second-order valence-electron chi connectivity index (χ2n) is 2.74. The first-order valence-corrected chi connectivity index (χ1v) is 6.28. The van der Waals surface area contributed by atoms with E-state index >= 15 is 0 Å². The van der Waals surface area contributed by atoms with Crippen LogP contribution in [0.5, 0.6) is 0 Å². The van der Waals surface area contributed by atoms with Crippen molar-refractivity contribution in [2.75, 3.05) is 5.75 Å². The molecule has 0 N–H and O–H groups in total. The SMILES string of the molecule is CCSC1=NC(=O)/C(=C/c2ccco2)S1. The third-order valence-electron chi connectivity index (χ3n) is 1.69. The number of furan rings is 1. The zero-order chi connectivity index (χ0) is 10.7. The van der Waals surface area contributed by atoms with Crippen LogP contribution in [0.15, 0.2) is 32.7 Å². The lowest BCUT2D eigenvalue weighted by atomic mass is 10.4. The first-order chi connectivity index (χ1) is 7.29. The maximum atomic E-state index is 11.5. The van der Waals surface area contributed by atoms with Crippen molar-refractivity contribution in [1.82, 2.24) is 0 Å². The second kappa shape index (κ2) is 4.72. The molecule has 78 valence electrons. The molecular formula is C10H9NO2S2. The molecule has 0 bridgehead atoms. The highest BCUT2D eigenvalue weighted by molar-refractivity contribution is 8.41. The molecule has 0 aliphatic carbocycles. The van der Waals surface area contributed by atoms with Crippen LogP contribution in [-0.2, 0) is 4.79 Å². The Labute approximate surface area is 96.0 Å². The molecule has 0 saturated heterocycles. The number of aliphatic imine (C=N–C) groups is 1. The van der Waals surface area contributed by atoms with Gasteiger partial charge in [-0.3, -0.25) is 4.79 Å². The smallest absolute Gasteiger partial charge is 0.285 e. The number of thioether (sulfide) groups is 2. The van der Waals surface area contributed by atoms with Gasteiger partial charge in [-0.2, -0.15) is 4.99 Å². The van der Waals surface area contributed by atoms with E-state index in [1.54, 1.807) is 30.2 Å². The third kappa shape index (κ3) is 2.54. The molecule has 1 aromatic heterocycles. The standard InChI is InChI=1S/C10H9NO2S2/c1-2-14-10-11-9(12)8(15-10)6-7-4-3-5-13-7/h3-6H,2H2,1H3/b8-6-. The van der Waals surface area contributed by atoms with Crippen molar-refractivity contribution in [3.8, 4) is 0 Å². The quantitative estimate of drug-likeness (QED) is 0.744. The highest BCUT2D eigenvalue weighted by atomic mass is 32.2. The van der Waals surface area contributed by atoms with Crippen LogP contribution >= 0.6 is 23.5 Å². The van der Waals surface area contributed by atoms with E-state index < -0.39 is 0 Å². The summed E-state index contributed by atoms with van der Waals surface area (Å²) in [4.78, 5) is 16.0. The first-order valence-electron chi connectivity index (χ1n) is 4.48. The van der Waals surface area contributed by atoms with Crippen molar-refractivity contribution < 1.29 is 9.21 Å². The largest absolute Gasteiger partial charge is 0.465 e. The van der Waals surface area contributed by atoms with Crippen LogP contribution in [0.25, 0.3) is 6.08 Å². The summed E-state index contributed by atoms with van der Waals surface area (Å²) in [5.74, 6) is 1.43. The average Bonchev–Trinajstić information content (AvgIpc) is 2.79. The molecule has 1 aliphatic heterocycles. The van der Waals surface area contributed by atoms with Gasteiger partial charge in [-0.25, -0.2) is 0 Å². The summed E-state index contributed by atoms with van der Waals surface area (Å²) >= 11 is 2.99. The van der Waals surface area contributed by atoms with Gasteiger partial charge in [-0.05, 0) is 17.9 Å². The first kappa shape index (κ1) is 10.6. The summed E-state index contributed by atoms with van der Waals surface area (Å²) in [7, 11) is 0. The highest BCUT2D eigenvalue weighted by Gasteiger charge is 2.21. The van der Waals surface area contributed by atoms with Crippen LogP contribution in [0.2, 0.25) is 0 Å². The van der Waals surface area contributed by atoms with E-state index in [1.165, 1.54) is 11.8 Å². The molecule has 0 radical (unpaired) electrons. The number of carbonyl (C=O) groups is 1. The minimum Gasteiger partial charge on any atom is -0.465 e. The van der Waals surface area contributed by atoms with Crippen LogP contribution in [0.4, 0.5) is 0 Å². The number of amides is 1. The molecular weight excluding hydrogens is 230 g/mol. The molecule has 1 aromatic rings. The number of nitrogens with zero attached hydrogens (tertiary/aromatic N) is 1. The Hall–Kier alpha value is -0.940. The highest BCUT2D eigenvalue weighted by Crippen LogP contribution is 2.33. The molecule has 0 fully saturated rings. The molecule has 2 rings (SSSR count). The van der Waals surface area contributed by atoms with E-state index in [2.05, 4.69) is 4.99 Å². The predicted molar refractivity (Wildman–Crippen MR) is 64.9 cm³/mol. The van der Waals surface area contributed by atoms with Crippen LogP contribution in [0.1, 0.15) is 12.7 Å². The van der Waals surface area contributed by atoms with Gasteiger partial charge < -0.3 is 4.42 Å². The van der Waals surface area contributed by atoms with E-state index in [0.717, 1.165) is 10.1 Å². The van der Waals surface area contributed by atoms with Gasteiger partial charge in [0.25, 0.3) is 5.91 Å². The summed E-state index contributed by atoms with van der Waals surface area (Å²) in [6, 6.07) is 3.60. The normalized spacial score (nSPS) is 18.6. The van der Waals surface area contributed by atoms with Crippen LogP contribution in [0, 0.1) is 0 Å². The van der Waals surface area contributed by atoms with E-state index in [9.17, 15) is 4.79 Å². The van der Waals surface area contributed by atoms with E-state index in [-0.39, 0.29) is 5.91 Å². The lowest BCUT2D eigenvalue weighted by Crippen LogP contribution is -1.86. The van der Waals surface area contributed by atoms with Gasteiger partial charge in [0.15, 0.2) is 0 Å². The summed E-state index contributed by atoms with van der Waals surface area (Å²) in [5, 5.41) is 0. The third-order valence-corrected chi connectivity index (χ3v) is 3.69. The fourth-order valence-corrected chi connectivity index (χ4v) is 2.96. The van der Waals surface area contributed by atoms with E-state index in [4.69, 9.17) is 4.42 Å². The van der Waals surface area contributed by atoms with Gasteiger partial charge in [0.2, 0.25) is 0 Å². The Kier molecular flexibility index (Phi) is 3.33. The lowest BCUT2D eigenvalue weighted by molar-refractivity contribution is -0.113. The Morgan fingerprint density at radius 2 is 2.53 bits per heavy atom. The fraction of sp³-hybridized carbons (Fsp3) is 0.200. The molecule has 0 aromatic carbocycles. The fourth-order valence-electron chi connectivity index (χ4n) is 1.08. The molecule has 0 atom stereocenters. The molecule has 2 heterocycles. The van der Waals surface area contributed by atoms with Crippen LogP contribution in [-0.4, -0.2) is 16.0 Å². The van der Waals surface area contributed by atoms with Gasteiger partial charge in [-0.15, -0.1) is 0 Å². The molecule has 1 aliphatic rings. The second-order valence-corrected chi connectivity index (χ2v) is 5.28. The van der Waals surface area contributed by atoms with Crippen LogP contribution < -0.4 is 0 Å². The summed E-state index contributed by atoms with van der Waals surface area (Å²) < 4.78 is 5.96. The summed E-state index contributed by atoms with van der Waals surface area (Å²) in [5.41, 5.74) is 0. The maximum Gasteiger partial charge on any atom is 0.285 e. The molecule has 3 nitrogen and oxygen atoms in total. The van der Waals surface area contributed by atoms with Gasteiger partial charge >= 0.3 is 0 Å². The molecule has 15 heavy (non-hydrogen) atoms. The Balaban J connectivity index is 2.12. The molecule has 0 saturated carbocycles. The minimum absolute atomic E-state index is 0.174. The van der Waals surface area contributed by atoms with E-state index in [1.807, 2.05) is 13.0 Å². The van der Waals surface area contributed by atoms with Crippen molar-refractivity contribution in [1.29, 1.82) is 0 Å². The van der Waals surface area contributed by atoms with Gasteiger partial charge in [-0.1, -0.05) is 30.4 Å². The monoisotopic (exact) mass is 239 g/mol. The topological polar surface area (TPSA) is 42.6 Å². The summed E-state index contributed by atoms with van der Waals surface area (Å²) in [6.45, 7) is 2.03. The van der Waals surface area contributed by atoms with Crippen molar-refractivity contribution in [3.63, 3.8) is 0 Å². The van der Waals surface area contributed by atoms with Crippen molar-refractivity contribution >= 4 is 39.9 Å². The lowest BCUT2D eigenvalue weighted by Gasteiger charge is -1.93. The minimum atomic E-state index is -0.174. The van der Waals surface area contributed by atoms with Gasteiger partial charge in [0, 0.05) is 6.08 Å². The molecule has 1 amide bonds. The molecule has 0 spiro atoms. The number of carbonyl (C=O) groups excluding carboxylic acids is 1. The maximum absolute atomic E-state index is 11.5. The number of hydrogen-bond acceptors (Lipinski definition) is 4. The average molecular weight is 239 g/mol. The zero-order valence-corrected chi connectivity index (χ0v) is 9.73. The Morgan fingerprint density at radius 1 is 1.67 bits per heavy atom. The van der Waals surface area contributed by atoms with E-state index in [0.29, 0.717) is 10.7 Å². The molecule has 0 unspecified atom stereocenters. The number of hydrogen-bond donors (Lipinski definition) is 0. The number of rotatable bonds is 2. The van der Waals surface area contributed by atoms with Gasteiger partial charge in [0.05, 0.1) is 11.2 Å². The van der Waals surface area contributed by atoms with Crippen molar-refractivity contribution in [2.45, 2.75) is 6.92 Å². The summed E-state index contributed by atoms with van der Waals surface area (Å²) in [6.07, 6.45) is 3.30. The van der Waals surface area contributed by atoms with Crippen molar-refractivity contribution in [2.24, 2.45) is 4.99 Å².